The summed E-state index contributed by atoms with van der Waals surface area (Å²) in [5.74, 6) is -0.381. The maximum Gasteiger partial charge on any atom is 0.325 e. The van der Waals surface area contributed by atoms with Gasteiger partial charge in [-0.25, -0.2) is 4.79 Å². The fourth-order valence-corrected chi connectivity index (χ4v) is 2.33. The molecule has 1 aliphatic rings. The number of nitrogens with one attached hydrogen (secondary N) is 1. The predicted molar refractivity (Wildman–Crippen MR) is 69.3 cm³/mol. The normalized spacial score (nSPS) is 20.1. The van der Waals surface area contributed by atoms with Gasteiger partial charge in [0.1, 0.15) is 6.54 Å². The van der Waals surface area contributed by atoms with Gasteiger partial charge < -0.3 is 15.0 Å². The van der Waals surface area contributed by atoms with Crippen molar-refractivity contribution < 1.29 is 14.3 Å². The van der Waals surface area contributed by atoms with Crippen LogP contribution in [0.1, 0.15) is 46.0 Å². The first-order chi connectivity index (χ1) is 8.69. The maximum atomic E-state index is 12.0. The van der Waals surface area contributed by atoms with Gasteiger partial charge in [0.15, 0.2) is 0 Å². The van der Waals surface area contributed by atoms with Crippen LogP contribution in [0.25, 0.3) is 0 Å². The molecule has 104 valence electrons. The van der Waals surface area contributed by atoms with Crippen LogP contribution in [0.15, 0.2) is 0 Å². The number of hydrogen-bond donors (Lipinski definition) is 1. The van der Waals surface area contributed by atoms with Crippen molar-refractivity contribution in [1.29, 1.82) is 0 Å². The van der Waals surface area contributed by atoms with Crippen molar-refractivity contribution in [3.8, 4) is 0 Å². The van der Waals surface area contributed by atoms with E-state index in [2.05, 4.69) is 12.2 Å². The number of hydrogen-bond acceptors (Lipinski definition) is 3. The number of ether oxygens (including phenoxy) is 1. The standard InChI is InChI=1S/C13H24N2O3/c1-3-11-8-6-5-7-9-15(11)13(17)14-10-12(16)18-4-2/h11H,3-10H2,1-2H3,(H,14,17). The fraction of sp³-hybridized carbons (Fsp3) is 0.846. The molecule has 2 amide bonds. The molecule has 0 bridgehead atoms. The van der Waals surface area contributed by atoms with Crippen LogP contribution in [0.2, 0.25) is 0 Å². The van der Waals surface area contributed by atoms with Crippen molar-refractivity contribution in [2.45, 2.75) is 52.0 Å². The van der Waals surface area contributed by atoms with Gasteiger partial charge in [-0.15, -0.1) is 0 Å². The molecule has 18 heavy (non-hydrogen) atoms. The van der Waals surface area contributed by atoms with Crippen LogP contribution in [0.4, 0.5) is 4.79 Å². The van der Waals surface area contributed by atoms with E-state index in [0.29, 0.717) is 12.6 Å². The highest BCUT2D eigenvalue weighted by Gasteiger charge is 2.24. The average Bonchev–Trinajstić information content (AvgIpc) is 2.61. The van der Waals surface area contributed by atoms with Crippen molar-refractivity contribution in [2.24, 2.45) is 0 Å². The van der Waals surface area contributed by atoms with Gasteiger partial charge in [-0.3, -0.25) is 4.79 Å². The van der Waals surface area contributed by atoms with Crippen molar-refractivity contribution in [2.75, 3.05) is 19.7 Å². The first kappa shape index (κ1) is 14.8. The van der Waals surface area contributed by atoms with Gasteiger partial charge in [-0.05, 0) is 26.2 Å². The lowest BCUT2D eigenvalue weighted by Gasteiger charge is -2.29. The number of esters is 1. The summed E-state index contributed by atoms with van der Waals surface area (Å²) in [5, 5.41) is 2.64. The molecular formula is C13H24N2O3. The lowest BCUT2D eigenvalue weighted by atomic mass is 10.1. The predicted octanol–water partition coefficient (Wildman–Crippen LogP) is 1.91. The summed E-state index contributed by atoms with van der Waals surface area (Å²) < 4.78 is 4.79. The van der Waals surface area contributed by atoms with E-state index in [1.54, 1.807) is 6.92 Å². The molecule has 0 radical (unpaired) electrons. The number of urea groups is 1. The molecule has 1 atom stereocenters. The molecule has 0 aliphatic carbocycles. The molecule has 1 rings (SSSR count). The Kier molecular flexibility index (Phi) is 6.54. The second-order valence-electron chi connectivity index (χ2n) is 4.57. The van der Waals surface area contributed by atoms with Gasteiger partial charge in [0.05, 0.1) is 6.61 Å². The number of carbonyl (C=O) groups excluding carboxylic acids is 2. The Morgan fingerprint density at radius 1 is 1.28 bits per heavy atom. The molecule has 0 aromatic rings. The highest BCUT2D eigenvalue weighted by molar-refractivity contribution is 5.81. The monoisotopic (exact) mass is 256 g/mol. The molecule has 1 N–H and O–H groups in total. The van der Waals surface area contributed by atoms with Crippen molar-refractivity contribution in [3.63, 3.8) is 0 Å². The van der Waals surface area contributed by atoms with E-state index in [1.807, 2.05) is 4.90 Å². The largest absolute Gasteiger partial charge is 0.465 e. The zero-order valence-corrected chi connectivity index (χ0v) is 11.4. The number of nitrogens with zero attached hydrogens (tertiary/aromatic N) is 1. The first-order valence-electron chi connectivity index (χ1n) is 6.89. The Bertz CT molecular complexity index is 281. The molecule has 5 heteroatoms. The Balaban J connectivity index is 2.44. The van der Waals surface area contributed by atoms with Crippen LogP contribution in [0.3, 0.4) is 0 Å². The molecule has 0 spiro atoms. The van der Waals surface area contributed by atoms with Gasteiger partial charge >= 0.3 is 12.0 Å². The zero-order valence-electron chi connectivity index (χ0n) is 11.4. The second-order valence-corrected chi connectivity index (χ2v) is 4.57. The van der Waals surface area contributed by atoms with Crippen LogP contribution in [-0.2, 0) is 9.53 Å². The third kappa shape index (κ3) is 4.55. The van der Waals surface area contributed by atoms with E-state index in [-0.39, 0.29) is 18.5 Å². The van der Waals surface area contributed by atoms with E-state index in [9.17, 15) is 9.59 Å². The molecule has 0 saturated carbocycles. The Labute approximate surface area is 109 Å². The molecule has 5 nitrogen and oxygen atoms in total. The van der Waals surface area contributed by atoms with Gasteiger partial charge in [-0.1, -0.05) is 19.8 Å². The summed E-state index contributed by atoms with van der Waals surface area (Å²) in [6, 6.07) is 0.159. The highest BCUT2D eigenvalue weighted by atomic mass is 16.5. The molecule has 1 aliphatic heterocycles. The summed E-state index contributed by atoms with van der Waals surface area (Å²) in [6.45, 7) is 4.94. The summed E-state index contributed by atoms with van der Waals surface area (Å²) in [7, 11) is 0. The molecule has 0 aromatic carbocycles. The summed E-state index contributed by atoms with van der Waals surface area (Å²) in [5.41, 5.74) is 0. The number of amides is 2. The van der Waals surface area contributed by atoms with Crippen molar-refractivity contribution in [1.82, 2.24) is 10.2 Å². The zero-order chi connectivity index (χ0) is 13.4. The Morgan fingerprint density at radius 2 is 2.06 bits per heavy atom. The Morgan fingerprint density at radius 3 is 2.72 bits per heavy atom. The fourth-order valence-electron chi connectivity index (χ4n) is 2.33. The molecule has 1 heterocycles. The lowest BCUT2D eigenvalue weighted by molar-refractivity contribution is -0.141. The highest BCUT2D eigenvalue weighted by Crippen LogP contribution is 2.18. The average molecular weight is 256 g/mol. The minimum Gasteiger partial charge on any atom is -0.465 e. The lowest BCUT2D eigenvalue weighted by Crippen LogP contribution is -2.47. The van der Waals surface area contributed by atoms with Crippen molar-refractivity contribution in [3.05, 3.63) is 0 Å². The van der Waals surface area contributed by atoms with Crippen LogP contribution in [0, 0.1) is 0 Å². The topological polar surface area (TPSA) is 58.6 Å². The molecule has 0 aromatic heterocycles. The van der Waals surface area contributed by atoms with E-state index in [0.717, 1.165) is 25.8 Å². The van der Waals surface area contributed by atoms with Crippen LogP contribution < -0.4 is 5.32 Å². The maximum absolute atomic E-state index is 12.0. The third-order valence-electron chi connectivity index (χ3n) is 3.30. The third-order valence-corrected chi connectivity index (χ3v) is 3.30. The van der Waals surface area contributed by atoms with Gasteiger partial charge in [0.2, 0.25) is 0 Å². The van der Waals surface area contributed by atoms with E-state index < -0.39 is 0 Å². The minimum atomic E-state index is -0.381. The number of carbonyl (C=O) groups is 2. The van der Waals surface area contributed by atoms with Gasteiger partial charge in [-0.2, -0.15) is 0 Å². The smallest absolute Gasteiger partial charge is 0.325 e. The Hall–Kier alpha value is -1.26. The van der Waals surface area contributed by atoms with Crippen molar-refractivity contribution >= 4 is 12.0 Å². The van der Waals surface area contributed by atoms with Crippen LogP contribution in [-0.4, -0.2) is 42.6 Å². The molecule has 1 unspecified atom stereocenters. The molecular weight excluding hydrogens is 232 g/mol. The second kappa shape index (κ2) is 7.95. The van der Waals surface area contributed by atoms with E-state index in [4.69, 9.17) is 4.74 Å². The van der Waals surface area contributed by atoms with E-state index >= 15 is 0 Å². The number of likely N-dealkylation sites (tertiary alicyclic amines) is 1. The summed E-state index contributed by atoms with van der Waals surface area (Å²) in [4.78, 5) is 25.1. The van der Waals surface area contributed by atoms with Gasteiger partial charge in [0, 0.05) is 12.6 Å². The summed E-state index contributed by atoms with van der Waals surface area (Å²) >= 11 is 0. The van der Waals surface area contributed by atoms with E-state index in [1.165, 1.54) is 12.8 Å². The number of rotatable bonds is 4. The quantitative estimate of drug-likeness (QED) is 0.782. The minimum absolute atomic E-state index is 0.0421. The molecule has 1 saturated heterocycles. The van der Waals surface area contributed by atoms with Crippen LogP contribution in [0.5, 0.6) is 0 Å². The SMILES string of the molecule is CCOC(=O)CNC(=O)N1CCCCCC1CC. The summed E-state index contributed by atoms with van der Waals surface area (Å²) in [6.07, 6.45) is 5.43. The van der Waals surface area contributed by atoms with Gasteiger partial charge in [0.25, 0.3) is 0 Å². The van der Waals surface area contributed by atoms with Crippen LogP contribution >= 0.6 is 0 Å². The first-order valence-corrected chi connectivity index (χ1v) is 6.89. The molecule has 1 fully saturated rings.